The van der Waals surface area contributed by atoms with Gasteiger partial charge in [-0.3, -0.25) is 24.0 Å². The Morgan fingerprint density at radius 1 is 0.879 bits per heavy atom. The van der Waals surface area contributed by atoms with E-state index < -0.39 is 66.6 Å². The van der Waals surface area contributed by atoms with Crippen molar-refractivity contribution in [2.24, 2.45) is 17.2 Å². The molecule has 3 unspecified atom stereocenters. The highest BCUT2D eigenvalue weighted by Gasteiger charge is 2.26. The third-order valence-electron chi connectivity index (χ3n) is 4.41. The summed E-state index contributed by atoms with van der Waals surface area (Å²) in [5.41, 5.74) is 16.3. The molecule has 0 bridgehead atoms. The highest BCUT2D eigenvalue weighted by molar-refractivity contribution is 5.94. The number of hydrogen-bond acceptors (Lipinski definition) is 7. The molecule has 0 saturated carbocycles. The van der Waals surface area contributed by atoms with Crippen LogP contribution >= 0.6 is 0 Å². The molecule has 0 aromatic heterocycles. The Morgan fingerprint density at radius 3 is 2.06 bits per heavy atom. The van der Waals surface area contributed by atoms with E-state index in [1.807, 2.05) is 0 Å². The van der Waals surface area contributed by atoms with E-state index in [0.717, 1.165) is 0 Å². The molecule has 10 N–H and O–H groups in total. The number of nitrogens with two attached hydrogens (primary N) is 3. The van der Waals surface area contributed by atoms with Crippen molar-refractivity contribution in [3.05, 3.63) is 35.9 Å². The van der Waals surface area contributed by atoms with Crippen molar-refractivity contribution >= 4 is 35.5 Å². The van der Waals surface area contributed by atoms with Gasteiger partial charge in [0.1, 0.15) is 12.1 Å². The zero-order valence-electron chi connectivity index (χ0n) is 17.8. The van der Waals surface area contributed by atoms with Crippen molar-refractivity contribution in [2.45, 2.75) is 43.8 Å². The average molecular weight is 464 g/mol. The van der Waals surface area contributed by atoms with Crippen LogP contribution in [0.5, 0.6) is 0 Å². The molecule has 0 spiro atoms. The first-order chi connectivity index (χ1) is 15.5. The van der Waals surface area contributed by atoms with Crippen LogP contribution in [0.25, 0.3) is 0 Å². The monoisotopic (exact) mass is 464 g/mol. The third kappa shape index (κ3) is 10.7. The van der Waals surface area contributed by atoms with Gasteiger partial charge in [-0.25, -0.2) is 4.79 Å². The van der Waals surface area contributed by atoms with Crippen molar-refractivity contribution in [3.8, 4) is 0 Å². The summed E-state index contributed by atoms with van der Waals surface area (Å²) in [7, 11) is 0. The Hall–Kier alpha value is -4.00. The number of carboxylic acids is 1. The van der Waals surface area contributed by atoms with Gasteiger partial charge in [-0.2, -0.15) is 0 Å². The Kier molecular flexibility index (Phi) is 11.0. The number of benzene rings is 1. The van der Waals surface area contributed by atoms with Crippen molar-refractivity contribution in [2.75, 3.05) is 6.54 Å². The van der Waals surface area contributed by atoms with Gasteiger partial charge in [0.25, 0.3) is 0 Å². The summed E-state index contributed by atoms with van der Waals surface area (Å²) in [6.07, 6.45) is -0.876. The molecule has 13 heteroatoms. The number of nitrogens with one attached hydrogen (secondary N) is 3. The van der Waals surface area contributed by atoms with E-state index in [4.69, 9.17) is 17.2 Å². The quantitative estimate of drug-likeness (QED) is 0.148. The van der Waals surface area contributed by atoms with Gasteiger partial charge < -0.3 is 38.3 Å². The number of carboxylic acid groups (broad SMARTS) is 1. The summed E-state index contributed by atoms with van der Waals surface area (Å²) in [6.45, 7) is -0.590. The Balaban J connectivity index is 2.69. The molecule has 0 aliphatic rings. The standard InChI is InChI=1S/C20H28N6O7/c21-12(9-16(23)28)18(30)26-13(6-7-15(22)27)19(31)24-10-17(29)25-14(20(32)33)8-11-4-2-1-3-5-11/h1-5,12-14H,6-10,21H2,(H2,22,27)(H2,23,28)(H,24,31)(H,25,29)(H,26,30)(H,32,33). The van der Waals surface area contributed by atoms with Gasteiger partial charge in [-0.1, -0.05) is 30.3 Å². The molecule has 1 rings (SSSR count). The molecule has 0 aliphatic carbocycles. The van der Waals surface area contributed by atoms with Gasteiger partial charge in [0.2, 0.25) is 29.5 Å². The normalized spacial score (nSPS) is 13.1. The van der Waals surface area contributed by atoms with Gasteiger partial charge in [-0.15, -0.1) is 0 Å². The summed E-state index contributed by atoms with van der Waals surface area (Å²) in [5.74, 6) is -5.29. The smallest absolute Gasteiger partial charge is 0.326 e. The lowest BCUT2D eigenvalue weighted by Crippen LogP contribution is -2.54. The predicted octanol–water partition coefficient (Wildman–Crippen LogP) is -3.13. The molecule has 13 nitrogen and oxygen atoms in total. The zero-order chi connectivity index (χ0) is 25.0. The molecular formula is C20H28N6O7. The summed E-state index contributed by atoms with van der Waals surface area (Å²) in [5, 5.41) is 16.2. The van der Waals surface area contributed by atoms with E-state index in [-0.39, 0.29) is 19.3 Å². The Labute approximate surface area is 189 Å². The van der Waals surface area contributed by atoms with Crippen LogP contribution in [0.2, 0.25) is 0 Å². The van der Waals surface area contributed by atoms with Crippen LogP contribution in [0.4, 0.5) is 0 Å². The molecule has 0 aliphatic heterocycles. The van der Waals surface area contributed by atoms with Crippen molar-refractivity contribution in [3.63, 3.8) is 0 Å². The van der Waals surface area contributed by atoms with Crippen LogP contribution in [0.3, 0.4) is 0 Å². The third-order valence-corrected chi connectivity index (χ3v) is 4.41. The fraction of sp³-hybridized carbons (Fsp3) is 0.400. The maximum atomic E-state index is 12.4. The minimum Gasteiger partial charge on any atom is -0.480 e. The second kappa shape index (κ2) is 13.4. The number of primary amides is 2. The van der Waals surface area contributed by atoms with Crippen LogP contribution in [-0.4, -0.2) is 65.3 Å². The number of hydrogen-bond donors (Lipinski definition) is 7. The van der Waals surface area contributed by atoms with Gasteiger partial charge in [0.05, 0.1) is 19.0 Å². The van der Waals surface area contributed by atoms with E-state index in [0.29, 0.717) is 5.56 Å². The van der Waals surface area contributed by atoms with Gasteiger partial charge in [0, 0.05) is 12.8 Å². The van der Waals surface area contributed by atoms with E-state index in [1.165, 1.54) is 0 Å². The molecule has 3 atom stereocenters. The Bertz CT molecular complexity index is 877. The fourth-order valence-corrected chi connectivity index (χ4v) is 2.73. The molecule has 1 aromatic carbocycles. The maximum Gasteiger partial charge on any atom is 0.326 e. The molecule has 0 fully saturated rings. The van der Waals surface area contributed by atoms with Gasteiger partial charge in [-0.05, 0) is 12.0 Å². The molecule has 0 heterocycles. The molecule has 0 saturated heterocycles. The van der Waals surface area contributed by atoms with Crippen molar-refractivity contribution < 1.29 is 33.9 Å². The van der Waals surface area contributed by atoms with Crippen molar-refractivity contribution in [1.82, 2.24) is 16.0 Å². The minimum absolute atomic E-state index is 0.0326. The maximum absolute atomic E-state index is 12.4. The number of aliphatic carboxylic acids is 1. The lowest BCUT2D eigenvalue weighted by molar-refractivity contribution is -0.141. The van der Waals surface area contributed by atoms with Crippen LogP contribution < -0.4 is 33.2 Å². The summed E-state index contributed by atoms with van der Waals surface area (Å²) >= 11 is 0. The van der Waals surface area contributed by atoms with E-state index in [1.54, 1.807) is 30.3 Å². The van der Waals surface area contributed by atoms with E-state index in [2.05, 4.69) is 16.0 Å². The predicted molar refractivity (Wildman–Crippen MR) is 115 cm³/mol. The number of rotatable bonds is 14. The molecule has 1 aromatic rings. The summed E-state index contributed by atoms with van der Waals surface area (Å²) in [4.78, 5) is 70.1. The van der Waals surface area contributed by atoms with E-state index >= 15 is 0 Å². The van der Waals surface area contributed by atoms with Gasteiger partial charge in [0.15, 0.2) is 0 Å². The second-order valence-electron chi connectivity index (χ2n) is 7.21. The van der Waals surface area contributed by atoms with Crippen LogP contribution in [0, 0.1) is 0 Å². The second-order valence-corrected chi connectivity index (χ2v) is 7.21. The molecular weight excluding hydrogens is 436 g/mol. The van der Waals surface area contributed by atoms with Crippen LogP contribution in [0.1, 0.15) is 24.8 Å². The highest BCUT2D eigenvalue weighted by atomic mass is 16.4. The lowest BCUT2D eigenvalue weighted by Gasteiger charge is -2.20. The zero-order valence-corrected chi connectivity index (χ0v) is 17.8. The topological polar surface area (TPSA) is 237 Å². The minimum atomic E-state index is -1.32. The average Bonchev–Trinajstić information content (AvgIpc) is 2.74. The van der Waals surface area contributed by atoms with Crippen molar-refractivity contribution in [1.29, 1.82) is 0 Å². The highest BCUT2D eigenvalue weighted by Crippen LogP contribution is 2.04. The lowest BCUT2D eigenvalue weighted by atomic mass is 10.1. The first-order valence-electron chi connectivity index (χ1n) is 9.96. The summed E-state index contributed by atoms with van der Waals surface area (Å²) in [6, 6.07) is 4.81. The molecule has 5 amide bonds. The van der Waals surface area contributed by atoms with Crippen LogP contribution in [-0.2, 0) is 35.2 Å². The first-order valence-corrected chi connectivity index (χ1v) is 9.96. The fourth-order valence-electron chi connectivity index (χ4n) is 2.73. The van der Waals surface area contributed by atoms with Gasteiger partial charge >= 0.3 is 5.97 Å². The van der Waals surface area contributed by atoms with E-state index in [9.17, 15) is 33.9 Å². The number of carbonyl (C=O) groups excluding carboxylic acids is 5. The SMILES string of the molecule is NC(=O)CCC(NC(=O)C(N)CC(N)=O)C(=O)NCC(=O)NC(Cc1ccccc1)C(=O)O. The largest absolute Gasteiger partial charge is 0.480 e. The number of amides is 5. The van der Waals surface area contributed by atoms with Crippen LogP contribution in [0.15, 0.2) is 30.3 Å². The summed E-state index contributed by atoms with van der Waals surface area (Å²) < 4.78 is 0. The molecule has 0 radical (unpaired) electrons. The molecule has 180 valence electrons. The first kappa shape index (κ1) is 27.0. The number of carbonyl (C=O) groups is 6. The molecule has 33 heavy (non-hydrogen) atoms. The Morgan fingerprint density at radius 2 is 1.52 bits per heavy atom.